The van der Waals surface area contributed by atoms with Gasteiger partial charge in [-0.05, 0) is 44.6 Å². The maximum Gasteiger partial charge on any atom is 0.256 e. The summed E-state index contributed by atoms with van der Waals surface area (Å²) in [7, 11) is 0. The number of carbonyl (C=O) groups excluding carboxylic acids is 1. The van der Waals surface area contributed by atoms with Crippen LogP contribution in [0.4, 0.5) is 5.82 Å². The number of anilines is 1. The van der Waals surface area contributed by atoms with Crippen molar-refractivity contribution in [2.45, 2.75) is 37.9 Å². The number of thioether (sulfide) groups is 1. The molecule has 31 heavy (non-hydrogen) atoms. The van der Waals surface area contributed by atoms with E-state index in [0.29, 0.717) is 31.1 Å². The molecule has 0 bridgehead atoms. The van der Waals surface area contributed by atoms with Crippen LogP contribution in [0.25, 0.3) is 11.0 Å². The second-order valence-corrected chi connectivity index (χ2v) is 8.01. The molecule has 0 unspecified atom stereocenters. The van der Waals surface area contributed by atoms with E-state index in [2.05, 4.69) is 25.3 Å². The van der Waals surface area contributed by atoms with Crippen LogP contribution in [-0.4, -0.2) is 63.1 Å². The molecule has 9 nitrogen and oxygen atoms in total. The van der Waals surface area contributed by atoms with E-state index in [-0.39, 0.29) is 5.91 Å². The molecule has 4 heterocycles. The van der Waals surface area contributed by atoms with Gasteiger partial charge in [-0.3, -0.25) is 4.79 Å². The first-order chi connectivity index (χ1) is 15.2. The Morgan fingerprint density at radius 2 is 2.10 bits per heavy atom. The Kier molecular flexibility index (Phi) is 6.86. The van der Waals surface area contributed by atoms with Crippen LogP contribution in [0.1, 0.15) is 36.5 Å². The summed E-state index contributed by atoms with van der Waals surface area (Å²) in [5.74, 6) is 1.08. The Hall–Kier alpha value is -2.88. The van der Waals surface area contributed by atoms with Crippen LogP contribution in [0.15, 0.2) is 29.7 Å². The third-order valence-corrected chi connectivity index (χ3v) is 5.75. The van der Waals surface area contributed by atoms with Gasteiger partial charge in [0.15, 0.2) is 10.8 Å². The molecule has 4 rings (SSSR count). The number of nitrogens with zero attached hydrogens (tertiary/aromatic N) is 6. The number of nitrogens with one attached hydrogen (secondary N) is 1. The van der Waals surface area contributed by atoms with Crippen molar-refractivity contribution in [3.05, 3.63) is 30.1 Å². The molecule has 0 saturated carbocycles. The Balaban J connectivity index is 1.50. The van der Waals surface area contributed by atoms with E-state index in [4.69, 9.17) is 9.72 Å². The number of ether oxygens (including phenoxy) is 1. The lowest BCUT2D eigenvalue weighted by Crippen LogP contribution is -2.30. The fourth-order valence-corrected chi connectivity index (χ4v) is 4.06. The zero-order chi connectivity index (χ0) is 21.6. The van der Waals surface area contributed by atoms with Crippen molar-refractivity contribution in [1.29, 1.82) is 0 Å². The van der Waals surface area contributed by atoms with Crippen LogP contribution in [0, 0.1) is 0 Å². The van der Waals surface area contributed by atoms with Gasteiger partial charge in [-0.15, -0.1) is 0 Å². The van der Waals surface area contributed by atoms with E-state index >= 15 is 0 Å². The average Bonchev–Trinajstić information content (AvgIpc) is 3.22. The quantitative estimate of drug-likeness (QED) is 0.421. The summed E-state index contributed by atoms with van der Waals surface area (Å²) < 4.78 is 7.28. The van der Waals surface area contributed by atoms with Gasteiger partial charge in [0.05, 0.1) is 24.7 Å². The van der Waals surface area contributed by atoms with Crippen LogP contribution in [0.3, 0.4) is 0 Å². The molecule has 1 aliphatic heterocycles. The average molecular weight is 442 g/mol. The normalized spacial score (nSPS) is 14.1. The lowest BCUT2D eigenvalue weighted by molar-refractivity contribution is 0.0947. The van der Waals surface area contributed by atoms with Gasteiger partial charge >= 0.3 is 0 Å². The molecule has 0 radical (unpaired) electrons. The lowest BCUT2D eigenvalue weighted by Gasteiger charge is -2.28. The monoisotopic (exact) mass is 441 g/mol. The van der Waals surface area contributed by atoms with Gasteiger partial charge in [-0.2, -0.15) is 5.10 Å². The molecule has 1 aliphatic rings. The molecule has 0 aliphatic carbocycles. The Morgan fingerprint density at radius 1 is 1.26 bits per heavy atom. The molecule has 0 atom stereocenters. The summed E-state index contributed by atoms with van der Waals surface area (Å²) in [6, 6.07) is 3.43. The van der Waals surface area contributed by atoms with E-state index in [0.717, 1.165) is 35.1 Å². The van der Waals surface area contributed by atoms with Gasteiger partial charge in [0.2, 0.25) is 5.88 Å². The zero-order valence-corrected chi connectivity index (χ0v) is 18.7. The third kappa shape index (κ3) is 4.73. The second kappa shape index (κ2) is 9.95. The van der Waals surface area contributed by atoms with Crippen LogP contribution in [0.2, 0.25) is 0 Å². The molecular weight excluding hydrogens is 414 g/mol. The Bertz CT molecular complexity index is 1050. The van der Waals surface area contributed by atoms with Crippen molar-refractivity contribution < 1.29 is 9.53 Å². The molecule has 164 valence electrons. The van der Waals surface area contributed by atoms with Crippen LogP contribution in [0.5, 0.6) is 5.88 Å². The first-order valence-corrected chi connectivity index (χ1v) is 11.8. The lowest BCUT2D eigenvalue weighted by atomic mass is 10.1. The number of piperidine rings is 1. The molecule has 1 fully saturated rings. The largest absolute Gasteiger partial charge is 0.477 e. The number of amides is 1. The number of fused-ring (bicyclic) bond motifs is 1. The van der Waals surface area contributed by atoms with Gasteiger partial charge in [-0.1, -0.05) is 11.8 Å². The summed E-state index contributed by atoms with van der Waals surface area (Å²) in [6.45, 7) is 5.25. The number of carbonyl (C=O) groups is 1. The summed E-state index contributed by atoms with van der Waals surface area (Å²) in [5.41, 5.74) is 1.22. The van der Waals surface area contributed by atoms with E-state index in [1.54, 1.807) is 18.3 Å². The summed E-state index contributed by atoms with van der Waals surface area (Å²) in [5, 5.41) is 9.15. The van der Waals surface area contributed by atoms with E-state index in [9.17, 15) is 4.79 Å². The zero-order valence-electron chi connectivity index (χ0n) is 17.9. The molecule has 10 heteroatoms. The predicted octanol–water partition coefficient (Wildman–Crippen LogP) is 2.76. The van der Waals surface area contributed by atoms with E-state index in [1.807, 2.05) is 24.1 Å². The highest BCUT2D eigenvalue weighted by molar-refractivity contribution is 7.98. The van der Waals surface area contributed by atoms with Gasteiger partial charge in [-0.25, -0.2) is 19.6 Å². The van der Waals surface area contributed by atoms with Gasteiger partial charge in [0, 0.05) is 25.8 Å². The van der Waals surface area contributed by atoms with E-state index < -0.39 is 0 Å². The van der Waals surface area contributed by atoms with Crippen molar-refractivity contribution >= 4 is 34.5 Å². The molecule has 3 aromatic heterocycles. The van der Waals surface area contributed by atoms with Crippen molar-refractivity contribution in [1.82, 2.24) is 30.0 Å². The van der Waals surface area contributed by atoms with E-state index in [1.165, 1.54) is 31.0 Å². The summed E-state index contributed by atoms with van der Waals surface area (Å²) >= 11 is 1.53. The predicted molar refractivity (Wildman–Crippen MR) is 121 cm³/mol. The first kappa shape index (κ1) is 21.4. The topological polar surface area (TPSA) is 98.1 Å². The standard InChI is InChI=1S/C21H27N7O2S/c1-3-30-20-15(8-7-9-23-20)19(29)22-10-13-28-18-16(14-24-28)17(25-21(26-18)31-2)27-11-5-4-6-12-27/h7-9,14H,3-6,10-13H2,1-2H3,(H,22,29). The highest BCUT2D eigenvalue weighted by atomic mass is 32.2. The Morgan fingerprint density at radius 3 is 2.87 bits per heavy atom. The number of rotatable bonds is 8. The molecule has 3 aromatic rings. The van der Waals surface area contributed by atoms with Gasteiger partial charge in [0.25, 0.3) is 5.91 Å². The minimum absolute atomic E-state index is 0.221. The number of aromatic nitrogens is 5. The van der Waals surface area contributed by atoms with Gasteiger partial charge in [0.1, 0.15) is 11.4 Å². The maximum absolute atomic E-state index is 12.6. The third-order valence-electron chi connectivity index (χ3n) is 5.20. The molecule has 0 spiro atoms. The minimum Gasteiger partial charge on any atom is -0.477 e. The molecular formula is C21H27N7O2S. The smallest absolute Gasteiger partial charge is 0.256 e. The number of hydrogen-bond donors (Lipinski definition) is 1. The SMILES string of the molecule is CCOc1ncccc1C(=O)NCCn1ncc2c(N3CCCCC3)nc(SC)nc21. The maximum atomic E-state index is 12.6. The molecule has 1 saturated heterocycles. The van der Waals surface area contributed by atoms with Crippen LogP contribution < -0.4 is 15.0 Å². The molecule has 1 amide bonds. The molecule has 0 aromatic carbocycles. The van der Waals surface area contributed by atoms with Crippen LogP contribution >= 0.6 is 11.8 Å². The number of pyridine rings is 1. The van der Waals surface area contributed by atoms with Crippen molar-refractivity contribution in [3.63, 3.8) is 0 Å². The fourth-order valence-electron chi connectivity index (χ4n) is 3.71. The minimum atomic E-state index is -0.221. The molecule has 1 N–H and O–H groups in total. The second-order valence-electron chi connectivity index (χ2n) is 7.23. The van der Waals surface area contributed by atoms with Crippen molar-refractivity contribution in [2.75, 3.05) is 37.4 Å². The fraction of sp³-hybridized carbons (Fsp3) is 0.476. The summed E-state index contributed by atoms with van der Waals surface area (Å²) in [6.07, 6.45) is 9.05. The first-order valence-electron chi connectivity index (χ1n) is 10.6. The highest BCUT2D eigenvalue weighted by Crippen LogP contribution is 2.28. The van der Waals surface area contributed by atoms with Crippen LogP contribution in [-0.2, 0) is 6.54 Å². The van der Waals surface area contributed by atoms with Crippen molar-refractivity contribution in [3.8, 4) is 5.88 Å². The highest BCUT2D eigenvalue weighted by Gasteiger charge is 2.20. The number of hydrogen-bond acceptors (Lipinski definition) is 8. The Labute approximate surface area is 185 Å². The summed E-state index contributed by atoms with van der Waals surface area (Å²) in [4.78, 5) is 28.5. The van der Waals surface area contributed by atoms with Gasteiger partial charge < -0.3 is 15.0 Å². The van der Waals surface area contributed by atoms with Crippen molar-refractivity contribution in [2.24, 2.45) is 0 Å².